The van der Waals surface area contributed by atoms with Gasteiger partial charge in [0.1, 0.15) is 0 Å². The number of amides is 1. The number of hydrogen-bond donors (Lipinski definition) is 0. The summed E-state index contributed by atoms with van der Waals surface area (Å²) >= 11 is 3.51. The lowest BCUT2D eigenvalue weighted by Crippen LogP contribution is -2.40. The van der Waals surface area contributed by atoms with Crippen molar-refractivity contribution in [3.63, 3.8) is 0 Å². The summed E-state index contributed by atoms with van der Waals surface area (Å²) in [6.07, 6.45) is 0.710. The highest BCUT2D eigenvalue weighted by molar-refractivity contribution is 9.10. The Hall–Kier alpha value is -3.19. The van der Waals surface area contributed by atoms with Crippen LogP contribution in [0, 0.1) is 0 Å². The highest BCUT2D eigenvalue weighted by Gasteiger charge is 2.34. The number of carbonyl (C=O) groups is 1. The topological polar surface area (TPSA) is 57.2 Å². The molecule has 0 bridgehead atoms. The van der Waals surface area contributed by atoms with Crippen LogP contribution in [0.5, 0.6) is 23.0 Å². The Morgan fingerprint density at radius 3 is 2.06 bits per heavy atom. The Kier molecular flexibility index (Phi) is 6.79. The molecular weight excluding hydrogens is 486 g/mol. The van der Waals surface area contributed by atoms with Crippen LogP contribution in [-0.4, -0.2) is 45.8 Å². The van der Waals surface area contributed by atoms with Crippen molar-refractivity contribution in [1.82, 2.24) is 4.90 Å². The lowest BCUT2D eigenvalue weighted by Gasteiger charge is -2.38. The number of fused-ring (bicyclic) bond motifs is 1. The largest absolute Gasteiger partial charge is 0.493 e. The third-order valence-corrected chi connectivity index (χ3v) is 6.48. The zero-order chi connectivity index (χ0) is 23.5. The molecule has 7 heteroatoms. The Morgan fingerprint density at radius 2 is 1.42 bits per heavy atom. The normalized spacial score (nSPS) is 14.9. The number of methoxy groups -OCH3 is 4. The van der Waals surface area contributed by atoms with E-state index in [4.69, 9.17) is 18.9 Å². The molecule has 0 unspecified atom stereocenters. The molecule has 1 atom stereocenters. The summed E-state index contributed by atoms with van der Waals surface area (Å²) in [5.41, 5.74) is 3.71. The van der Waals surface area contributed by atoms with E-state index in [0.717, 1.165) is 21.2 Å². The molecule has 0 N–H and O–H groups in total. The smallest absolute Gasteiger partial charge is 0.254 e. The Morgan fingerprint density at radius 1 is 0.818 bits per heavy atom. The summed E-state index contributed by atoms with van der Waals surface area (Å²) in [4.78, 5) is 15.7. The first-order valence-electron chi connectivity index (χ1n) is 10.5. The van der Waals surface area contributed by atoms with Crippen LogP contribution in [0.1, 0.15) is 33.1 Å². The number of ether oxygens (including phenoxy) is 4. The van der Waals surface area contributed by atoms with Crippen LogP contribution in [0.25, 0.3) is 0 Å². The van der Waals surface area contributed by atoms with E-state index in [9.17, 15) is 4.79 Å². The number of benzene rings is 3. The molecular formula is C26H26BrNO5. The van der Waals surface area contributed by atoms with Gasteiger partial charge in [0.25, 0.3) is 5.91 Å². The first-order chi connectivity index (χ1) is 16.0. The van der Waals surface area contributed by atoms with Crippen molar-refractivity contribution in [2.75, 3.05) is 35.0 Å². The first kappa shape index (κ1) is 23.0. The van der Waals surface area contributed by atoms with Crippen molar-refractivity contribution in [2.24, 2.45) is 0 Å². The molecule has 1 aliphatic heterocycles. The zero-order valence-corrected chi connectivity index (χ0v) is 20.6. The number of rotatable bonds is 6. The van der Waals surface area contributed by atoms with Crippen molar-refractivity contribution >= 4 is 21.8 Å². The van der Waals surface area contributed by atoms with Crippen molar-refractivity contribution in [3.05, 3.63) is 81.3 Å². The van der Waals surface area contributed by atoms with E-state index in [1.165, 1.54) is 0 Å². The minimum atomic E-state index is -0.276. The van der Waals surface area contributed by atoms with Gasteiger partial charge in [0.05, 0.1) is 34.5 Å². The zero-order valence-electron chi connectivity index (χ0n) is 19.1. The second kappa shape index (κ2) is 9.75. The SMILES string of the molecule is COc1ccc(C(=O)N2CCc3cc(OC)c(OC)cc3[C@H]2c2ccc(Br)cc2)cc1OC. The molecule has 3 aromatic carbocycles. The number of carbonyl (C=O) groups excluding carboxylic acids is 1. The van der Waals surface area contributed by atoms with Crippen molar-refractivity contribution in [2.45, 2.75) is 12.5 Å². The van der Waals surface area contributed by atoms with E-state index in [2.05, 4.69) is 15.9 Å². The fraction of sp³-hybridized carbons (Fsp3) is 0.269. The van der Waals surface area contributed by atoms with E-state index in [0.29, 0.717) is 41.5 Å². The van der Waals surface area contributed by atoms with Gasteiger partial charge in [-0.15, -0.1) is 0 Å². The summed E-state index contributed by atoms with van der Waals surface area (Å²) in [6, 6.07) is 17.0. The summed E-state index contributed by atoms with van der Waals surface area (Å²) < 4.78 is 22.8. The lowest BCUT2D eigenvalue weighted by molar-refractivity contribution is 0.0693. The molecule has 0 aromatic heterocycles. The second-order valence-electron chi connectivity index (χ2n) is 7.68. The monoisotopic (exact) mass is 511 g/mol. The maximum Gasteiger partial charge on any atom is 0.254 e. The molecule has 0 spiro atoms. The molecule has 4 rings (SSSR count). The maximum absolute atomic E-state index is 13.8. The van der Waals surface area contributed by atoms with Gasteiger partial charge in [0.2, 0.25) is 0 Å². The predicted molar refractivity (Wildman–Crippen MR) is 130 cm³/mol. The minimum absolute atomic E-state index is 0.0793. The van der Waals surface area contributed by atoms with Gasteiger partial charge < -0.3 is 23.8 Å². The van der Waals surface area contributed by atoms with E-state index in [-0.39, 0.29) is 11.9 Å². The van der Waals surface area contributed by atoms with Crippen LogP contribution in [-0.2, 0) is 6.42 Å². The number of hydrogen-bond acceptors (Lipinski definition) is 5. The standard InChI is InChI=1S/C26H26BrNO5/c1-30-21-10-7-18(14-22(21)31-2)26(29)28-12-11-17-13-23(32-3)24(33-4)15-20(17)25(28)16-5-8-19(27)9-6-16/h5-10,13-15,25H,11-12H2,1-4H3/t25-/m1/s1. The lowest BCUT2D eigenvalue weighted by atomic mass is 9.87. The molecule has 0 radical (unpaired) electrons. The molecule has 0 saturated heterocycles. The summed E-state index contributed by atoms with van der Waals surface area (Å²) in [5, 5.41) is 0. The van der Waals surface area contributed by atoms with Gasteiger partial charge in [0, 0.05) is 16.6 Å². The van der Waals surface area contributed by atoms with Crippen LogP contribution in [0.4, 0.5) is 0 Å². The predicted octanol–water partition coefficient (Wildman–Crippen LogP) is 5.27. The maximum atomic E-state index is 13.8. The first-order valence-corrected chi connectivity index (χ1v) is 11.3. The molecule has 172 valence electrons. The van der Waals surface area contributed by atoms with Crippen molar-refractivity contribution in [1.29, 1.82) is 0 Å². The van der Waals surface area contributed by atoms with Gasteiger partial charge in [-0.2, -0.15) is 0 Å². The van der Waals surface area contributed by atoms with Crippen LogP contribution in [0.3, 0.4) is 0 Å². The molecule has 33 heavy (non-hydrogen) atoms. The van der Waals surface area contributed by atoms with Gasteiger partial charge >= 0.3 is 0 Å². The summed E-state index contributed by atoms with van der Waals surface area (Å²) in [6.45, 7) is 0.566. The van der Waals surface area contributed by atoms with E-state index in [1.54, 1.807) is 46.6 Å². The Bertz CT molecular complexity index is 1160. The van der Waals surface area contributed by atoms with Crippen LogP contribution < -0.4 is 18.9 Å². The second-order valence-corrected chi connectivity index (χ2v) is 8.59. The van der Waals surface area contributed by atoms with Gasteiger partial charge in [-0.1, -0.05) is 28.1 Å². The van der Waals surface area contributed by atoms with Gasteiger partial charge in [-0.05, 0) is 65.6 Å². The van der Waals surface area contributed by atoms with Gasteiger partial charge in [0.15, 0.2) is 23.0 Å². The average molecular weight is 512 g/mol. The molecule has 1 amide bonds. The fourth-order valence-corrected chi connectivity index (χ4v) is 4.57. The van der Waals surface area contributed by atoms with Crippen LogP contribution in [0.15, 0.2) is 59.1 Å². The third-order valence-electron chi connectivity index (χ3n) is 5.95. The molecule has 1 aliphatic rings. The highest BCUT2D eigenvalue weighted by Crippen LogP contribution is 2.42. The Balaban J connectivity index is 1.82. The number of halogens is 1. The van der Waals surface area contributed by atoms with Crippen LogP contribution in [0.2, 0.25) is 0 Å². The molecule has 0 saturated carbocycles. The molecule has 0 aliphatic carbocycles. The van der Waals surface area contributed by atoms with E-state index >= 15 is 0 Å². The summed E-state index contributed by atoms with van der Waals surface area (Å²) in [7, 11) is 6.39. The van der Waals surface area contributed by atoms with E-state index in [1.807, 2.05) is 41.3 Å². The molecule has 0 fully saturated rings. The molecule has 6 nitrogen and oxygen atoms in total. The van der Waals surface area contributed by atoms with Gasteiger partial charge in [-0.25, -0.2) is 0 Å². The highest BCUT2D eigenvalue weighted by atomic mass is 79.9. The van der Waals surface area contributed by atoms with Crippen molar-refractivity contribution < 1.29 is 23.7 Å². The van der Waals surface area contributed by atoms with Crippen molar-refractivity contribution in [3.8, 4) is 23.0 Å². The average Bonchev–Trinajstić information content (AvgIpc) is 2.86. The third kappa shape index (κ3) is 4.37. The fourth-order valence-electron chi connectivity index (χ4n) is 4.30. The summed E-state index contributed by atoms with van der Waals surface area (Å²) in [5.74, 6) is 2.35. The minimum Gasteiger partial charge on any atom is -0.493 e. The quantitative estimate of drug-likeness (QED) is 0.451. The molecule has 3 aromatic rings. The Labute approximate surface area is 202 Å². The van der Waals surface area contributed by atoms with Gasteiger partial charge in [-0.3, -0.25) is 4.79 Å². The number of nitrogens with zero attached hydrogens (tertiary/aromatic N) is 1. The molecule has 1 heterocycles. The van der Waals surface area contributed by atoms with Crippen LogP contribution >= 0.6 is 15.9 Å². The van der Waals surface area contributed by atoms with E-state index < -0.39 is 0 Å².